The maximum Gasteiger partial charge on any atom is 0.0495 e. The molecular formula is C10H21NO. The molecule has 0 bridgehead atoms. The predicted octanol–water partition coefficient (Wildman–Crippen LogP) is 1.93. The van der Waals surface area contributed by atoms with Gasteiger partial charge in [-0.05, 0) is 31.6 Å². The monoisotopic (exact) mass is 171 g/mol. The zero-order valence-corrected chi connectivity index (χ0v) is 8.09. The SMILES string of the molecule is CCCC(N)CCC1CCOC1. The van der Waals surface area contributed by atoms with E-state index in [1.54, 1.807) is 0 Å². The highest BCUT2D eigenvalue weighted by Gasteiger charge is 2.16. The molecule has 1 aliphatic rings. The minimum absolute atomic E-state index is 0.426. The summed E-state index contributed by atoms with van der Waals surface area (Å²) < 4.78 is 5.31. The van der Waals surface area contributed by atoms with E-state index in [0.717, 1.165) is 19.1 Å². The van der Waals surface area contributed by atoms with Gasteiger partial charge in [0.25, 0.3) is 0 Å². The van der Waals surface area contributed by atoms with Gasteiger partial charge in [-0.15, -0.1) is 0 Å². The van der Waals surface area contributed by atoms with E-state index >= 15 is 0 Å². The zero-order valence-electron chi connectivity index (χ0n) is 8.09. The number of hydrogen-bond acceptors (Lipinski definition) is 2. The van der Waals surface area contributed by atoms with Gasteiger partial charge in [-0.25, -0.2) is 0 Å². The van der Waals surface area contributed by atoms with Crippen LogP contribution in [0.25, 0.3) is 0 Å². The highest BCUT2D eigenvalue weighted by Crippen LogP contribution is 2.19. The molecular weight excluding hydrogens is 150 g/mol. The van der Waals surface area contributed by atoms with Gasteiger partial charge in [0.1, 0.15) is 0 Å². The summed E-state index contributed by atoms with van der Waals surface area (Å²) in [6, 6.07) is 0.426. The van der Waals surface area contributed by atoms with Gasteiger partial charge in [0, 0.05) is 19.3 Å². The van der Waals surface area contributed by atoms with Gasteiger partial charge >= 0.3 is 0 Å². The van der Waals surface area contributed by atoms with Crippen molar-refractivity contribution in [2.45, 2.75) is 45.1 Å². The molecule has 0 saturated carbocycles. The van der Waals surface area contributed by atoms with Crippen molar-refractivity contribution >= 4 is 0 Å². The van der Waals surface area contributed by atoms with Gasteiger partial charge in [0.15, 0.2) is 0 Å². The van der Waals surface area contributed by atoms with Crippen LogP contribution in [0, 0.1) is 5.92 Å². The largest absolute Gasteiger partial charge is 0.381 e. The van der Waals surface area contributed by atoms with E-state index in [2.05, 4.69) is 6.92 Å². The Bertz CT molecular complexity index is 110. The van der Waals surface area contributed by atoms with E-state index < -0.39 is 0 Å². The molecule has 1 rings (SSSR count). The van der Waals surface area contributed by atoms with Crippen LogP contribution in [0.5, 0.6) is 0 Å². The van der Waals surface area contributed by atoms with Crippen LogP contribution in [0.1, 0.15) is 39.0 Å². The molecule has 2 nitrogen and oxygen atoms in total. The topological polar surface area (TPSA) is 35.2 Å². The molecule has 0 spiro atoms. The first kappa shape index (κ1) is 10.0. The summed E-state index contributed by atoms with van der Waals surface area (Å²) in [4.78, 5) is 0. The molecule has 0 radical (unpaired) electrons. The standard InChI is InChI=1S/C10H21NO/c1-2-3-10(11)5-4-9-6-7-12-8-9/h9-10H,2-8,11H2,1H3. The third-order valence-electron chi connectivity index (χ3n) is 2.63. The molecule has 0 aromatic carbocycles. The van der Waals surface area contributed by atoms with Crippen LogP contribution >= 0.6 is 0 Å². The first-order chi connectivity index (χ1) is 5.83. The van der Waals surface area contributed by atoms with Crippen molar-refractivity contribution in [1.29, 1.82) is 0 Å². The Labute approximate surface area is 75.5 Å². The van der Waals surface area contributed by atoms with E-state index in [9.17, 15) is 0 Å². The normalized spacial score (nSPS) is 26.0. The second-order valence-corrected chi connectivity index (χ2v) is 3.86. The van der Waals surface area contributed by atoms with Gasteiger partial charge < -0.3 is 10.5 Å². The maximum absolute atomic E-state index is 5.92. The fourth-order valence-corrected chi connectivity index (χ4v) is 1.78. The molecule has 12 heavy (non-hydrogen) atoms. The van der Waals surface area contributed by atoms with Crippen LogP contribution in [-0.2, 0) is 4.74 Å². The Morgan fingerprint density at radius 1 is 1.50 bits per heavy atom. The Kier molecular flexibility index (Phi) is 4.62. The zero-order chi connectivity index (χ0) is 8.81. The fourth-order valence-electron chi connectivity index (χ4n) is 1.78. The maximum atomic E-state index is 5.92. The minimum atomic E-state index is 0.426. The van der Waals surface area contributed by atoms with E-state index in [1.807, 2.05) is 0 Å². The molecule has 72 valence electrons. The molecule has 0 amide bonds. The first-order valence-electron chi connectivity index (χ1n) is 5.16. The molecule has 1 saturated heterocycles. The van der Waals surface area contributed by atoms with Crippen LogP contribution in [0.4, 0.5) is 0 Å². The van der Waals surface area contributed by atoms with Crippen LogP contribution in [0.15, 0.2) is 0 Å². The van der Waals surface area contributed by atoms with Gasteiger partial charge in [-0.2, -0.15) is 0 Å². The van der Waals surface area contributed by atoms with E-state index in [-0.39, 0.29) is 0 Å². The molecule has 1 fully saturated rings. The predicted molar refractivity (Wildman–Crippen MR) is 51.0 cm³/mol. The molecule has 0 aliphatic carbocycles. The smallest absolute Gasteiger partial charge is 0.0495 e. The summed E-state index contributed by atoms with van der Waals surface area (Å²) >= 11 is 0. The average Bonchev–Trinajstić information content (AvgIpc) is 2.53. The lowest BCUT2D eigenvalue weighted by atomic mass is 9.98. The Morgan fingerprint density at radius 3 is 2.92 bits per heavy atom. The number of rotatable bonds is 5. The van der Waals surface area contributed by atoms with E-state index in [1.165, 1.54) is 32.1 Å². The van der Waals surface area contributed by atoms with E-state index in [4.69, 9.17) is 10.5 Å². The fraction of sp³-hybridized carbons (Fsp3) is 1.00. The molecule has 2 N–H and O–H groups in total. The lowest BCUT2D eigenvalue weighted by Crippen LogP contribution is -2.20. The second-order valence-electron chi connectivity index (χ2n) is 3.86. The molecule has 2 atom stereocenters. The summed E-state index contributed by atoms with van der Waals surface area (Å²) in [5.74, 6) is 0.799. The second kappa shape index (κ2) is 5.55. The summed E-state index contributed by atoms with van der Waals surface area (Å²) in [5.41, 5.74) is 5.92. The average molecular weight is 171 g/mol. The highest BCUT2D eigenvalue weighted by molar-refractivity contribution is 4.68. The lowest BCUT2D eigenvalue weighted by Gasteiger charge is -2.12. The number of nitrogens with two attached hydrogens (primary N) is 1. The highest BCUT2D eigenvalue weighted by atomic mass is 16.5. The van der Waals surface area contributed by atoms with Crippen LogP contribution in [0.3, 0.4) is 0 Å². The van der Waals surface area contributed by atoms with Crippen LogP contribution in [-0.4, -0.2) is 19.3 Å². The van der Waals surface area contributed by atoms with Crippen molar-refractivity contribution in [1.82, 2.24) is 0 Å². The van der Waals surface area contributed by atoms with Crippen molar-refractivity contribution in [2.75, 3.05) is 13.2 Å². The van der Waals surface area contributed by atoms with Gasteiger partial charge in [0.05, 0.1) is 0 Å². The summed E-state index contributed by atoms with van der Waals surface area (Å²) in [5, 5.41) is 0. The summed E-state index contributed by atoms with van der Waals surface area (Å²) in [6.45, 7) is 4.13. The van der Waals surface area contributed by atoms with Crippen molar-refractivity contribution in [2.24, 2.45) is 11.7 Å². The van der Waals surface area contributed by atoms with Gasteiger partial charge in [0.2, 0.25) is 0 Å². The molecule has 2 heteroatoms. The Balaban J connectivity index is 1.99. The quantitative estimate of drug-likeness (QED) is 0.686. The number of hydrogen-bond donors (Lipinski definition) is 1. The molecule has 0 aromatic rings. The molecule has 1 heterocycles. The minimum Gasteiger partial charge on any atom is -0.381 e. The molecule has 2 unspecified atom stereocenters. The van der Waals surface area contributed by atoms with Crippen LogP contribution < -0.4 is 5.73 Å². The lowest BCUT2D eigenvalue weighted by molar-refractivity contribution is 0.183. The Hall–Kier alpha value is -0.0800. The number of ether oxygens (including phenoxy) is 1. The van der Waals surface area contributed by atoms with Gasteiger partial charge in [-0.3, -0.25) is 0 Å². The summed E-state index contributed by atoms with van der Waals surface area (Å²) in [7, 11) is 0. The molecule has 1 aliphatic heterocycles. The van der Waals surface area contributed by atoms with Crippen molar-refractivity contribution in [3.05, 3.63) is 0 Å². The van der Waals surface area contributed by atoms with E-state index in [0.29, 0.717) is 6.04 Å². The van der Waals surface area contributed by atoms with Crippen molar-refractivity contribution < 1.29 is 4.74 Å². The summed E-state index contributed by atoms with van der Waals surface area (Å²) in [6.07, 6.45) is 6.08. The van der Waals surface area contributed by atoms with Crippen molar-refractivity contribution in [3.8, 4) is 0 Å². The first-order valence-corrected chi connectivity index (χ1v) is 5.16. The Morgan fingerprint density at radius 2 is 2.33 bits per heavy atom. The third kappa shape index (κ3) is 3.55. The third-order valence-corrected chi connectivity index (χ3v) is 2.63. The molecule has 0 aromatic heterocycles. The van der Waals surface area contributed by atoms with Gasteiger partial charge in [-0.1, -0.05) is 13.3 Å². The van der Waals surface area contributed by atoms with Crippen molar-refractivity contribution in [3.63, 3.8) is 0 Å². The van der Waals surface area contributed by atoms with Crippen LogP contribution in [0.2, 0.25) is 0 Å².